The van der Waals surface area contributed by atoms with Crippen LogP contribution in [0.4, 0.5) is 11.8 Å². The van der Waals surface area contributed by atoms with Crippen LogP contribution < -0.4 is 10.6 Å². The SMILES string of the molecule is CCCNc1nc(NC2(CO)CC2)c2ccccc2n1. The Morgan fingerprint density at radius 1 is 1.25 bits per heavy atom. The zero-order valence-corrected chi connectivity index (χ0v) is 11.7. The number of para-hydroxylation sites is 1. The Labute approximate surface area is 118 Å². The lowest BCUT2D eigenvalue weighted by atomic mass is 10.2. The van der Waals surface area contributed by atoms with E-state index in [9.17, 15) is 5.11 Å². The molecule has 20 heavy (non-hydrogen) atoms. The number of hydrogen-bond acceptors (Lipinski definition) is 5. The van der Waals surface area contributed by atoms with E-state index in [4.69, 9.17) is 0 Å². The first-order chi connectivity index (χ1) is 9.76. The van der Waals surface area contributed by atoms with E-state index in [1.54, 1.807) is 0 Å². The van der Waals surface area contributed by atoms with E-state index in [1.165, 1.54) is 0 Å². The summed E-state index contributed by atoms with van der Waals surface area (Å²) in [5, 5.41) is 17.1. The maximum absolute atomic E-state index is 9.48. The standard InChI is InChI=1S/C15H20N4O/c1-2-9-16-14-17-12-6-4-3-5-11(12)13(18-14)19-15(10-20)7-8-15/h3-6,20H,2,7-10H2,1H3,(H2,16,17,18,19). The zero-order chi connectivity index (χ0) is 14.0. The first-order valence-corrected chi connectivity index (χ1v) is 7.16. The number of anilines is 2. The van der Waals surface area contributed by atoms with Crippen molar-refractivity contribution in [3.05, 3.63) is 24.3 Å². The molecule has 1 saturated carbocycles. The van der Waals surface area contributed by atoms with Crippen LogP contribution in [-0.4, -0.2) is 33.8 Å². The van der Waals surface area contributed by atoms with Crippen LogP contribution in [-0.2, 0) is 0 Å². The summed E-state index contributed by atoms with van der Waals surface area (Å²) < 4.78 is 0. The van der Waals surface area contributed by atoms with Crippen LogP contribution in [0.1, 0.15) is 26.2 Å². The molecule has 0 spiro atoms. The number of aliphatic hydroxyl groups excluding tert-OH is 1. The lowest BCUT2D eigenvalue weighted by Crippen LogP contribution is -2.26. The Kier molecular flexibility index (Phi) is 3.44. The van der Waals surface area contributed by atoms with Gasteiger partial charge in [0.05, 0.1) is 17.7 Å². The number of aliphatic hydroxyl groups is 1. The lowest BCUT2D eigenvalue weighted by molar-refractivity contribution is 0.266. The molecule has 0 saturated heterocycles. The van der Waals surface area contributed by atoms with Gasteiger partial charge in [0.2, 0.25) is 5.95 Å². The fourth-order valence-electron chi connectivity index (χ4n) is 2.21. The van der Waals surface area contributed by atoms with Gasteiger partial charge in [0, 0.05) is 11.9 Å². The second-order valence-corrected chi connectivity index (χ2v) is 5.40. The van der Waals surface area contributed by atoms with Crippen LogP contribution in [0.15, 0.2) is 24.3 Å². The minimum Gasteiger partial charge on any atom is -0.394 e. The molecule has 1 aromatic heterocycles. The Bertz CT molecular complexity index is 610. The Morgan fingerprint density at radius 3 is 2.75 bits per heavy atom. The summed E-state index contributed by atoms with van der Waals surface area (Å²) in [6.45, 7) is 3.10. The maximum atomic E-state index is 9.48. The molecule has 1 fully saturated rings. The molecule has 0 aliphatic heterocycles. The molecule has 5 nitrogen and oxygen atoms in total. The van der Waals surface area contributed by atoms with Gasteiger partial charge >= 0.3 is 0 Å². The quantitative estimate of drug-likeness (QED) is 0.753. The summed E-state index contributed by atoms with van der Waals surface area (Å²) in [7, 11) is 0. The van der Waals surface area contributed by atoms with Gasteiger partial charge in [-0.05, 0) is 31.4 Å². The molecule has 0 amide bonds. The van der Waals surface area contributed by atoms with Crippen LogP contribution in [0.5, 0.6) is 0 Å². The van der Waals surface area contributed by atoms with Crippen molar-refractivity contribution in [2.75, 3.05) is 23.8 Å². The van der Waals surface area contributed by atoms with E-state index in [1.807, 2.05) is 24.3 Å². The van der Waals surface area contributed by atoms with Crippen molar-refractivity contribution >= 4 is 22.7 Å². The Hall–Kier alpha value is -1.88. The van der Waals surface area contributed by atoms with Crippen LogP contribution in [0, 0.1) is 0 Å². The predicted molar refractivity (Wildman–Crippen MR) is 81.0 cm³/mol. The highest BCUT2D eigenvalue weighted by atomic mass is 16.3. The fraction of sp³-hybridized carbons (Fsp3) is 0.467. The summed E-state index contributed by atoms with van der Waals surface area (Å²) in [6.07, 6.45) is 3.00. The van der Waals surface area contributed by atoms with Gasteiger partial charge in [0.15, 0.2) is 0 Å². The van der Waals surface area contributed by atoms with Crippen LogP contribution >= 0.6 is 0 Å². The maximum Gasteiger partial charge on any atom is 0.225 e. The second-order valence-electron chi connectivity index (χ2n) is 5.40. The zero-order valence-electron chi connectivity index (χ0n) is 11.7. The molecule has 0 unspecified atom stereocenters. The van der Waals surface area contributed by atoms with Crippen LogP contribution in [0.3, 0.4) is 0 Å². The molecule has 1 aliphatic rings. The average molecular weight is 272 g/mol. The van der Waals surface area contributed by atoms with Crippen molar-refractivity contribution in [3.63, 3.8) is 0 Å². The van der Waals surface area contributed by atoms with E-state index in [2.05, 4.69) is 27.5 Å². The van der Waals surface area contributed by atoms with E-state index < -0.39 is 0 Å². The van der Waals surface area contributed by atoms with Crippen LogP contribution in [0.25, 0.3) is 10.9 Å². The normalized spacial score (nSPS) is 16.1. The monoisotopic (exact) mass is 272 g/mol. The van der Waals surface area contributed by atoms with Gasteiger partial charge in [0.1, 0.15) is 5.82 Å². The highest BCUT2D eigenvalue weighted by Gasteiger charge is 2.42. The smallest absolute Gasteiger partial charge is 0.225 e. The van der Waals surface area contributed by atoms with Gasteiger partial charge in [-0.2, -0.15) is 4.98 Å². The van der Waals surface area contributed by atoms with Crippen molar-refractivity contribution in [3.8, 4) is 0 Å². The summed E-state index contributed by atoms with van der Waals surface area (Å²) in [4.78, 5) is 9.09. The third kappa shape index (κ3) is 2.54. The number of rotatable bonds is 6. The van der Waals surface area contributed by atoms with Gasteiger partial charge in [-0.1, -0.05) is 19.1 Å². The number of benzene rings is 1. The summed E-state index contributed by atoms with van der Waals surface area (Å²) >= 11 is 0. The minimum atomic E-state index is -0.181. The highest BCUT2D eigenvalue weighted by molar-refractivity contribution is 5.90. The van der Waals surface area contributed by atoms with Crippen molar-refractivity contribution in [1.82, 2.24) is 9.97 Å². The third-order valence-electron chi connectivity index (χ3n) is 3.68. The molecule has 1 aliphatic carbocycles. The van der Waals surface area contributed by atoms with E-state index >= 15 is 0 Å². The Balaban J connectivity index is 1.98. The number of hydrogen-bond donors (Lipinski definition) is 3. The fourth-order valence-corrected chi connectivity index (χ4v) is 2.21. The molecule has 0 radical (unpaired) electrons. The molecular formula is C15H20N4O. The number of fused-ring (bicyclic) bond motifs is 1. The van der Waals surface area contributed by atoms with Gasteiger partial charge < -0.3 is 15.7 Å². The summed E-state index contributed by atoms with van der Waals surface area (Å²) in [5.74, 6) is 1.45. The molecular weight excluding hydrogens is 252 g/mol. The molecule has 106 valence electrons. The topological polar surface area (TPSA) is 70.1 Å². The van der Waals surface area contributed by atoms with E-state index in [-0.39, 0.29) is 12.1 Å². The first kappa shape index (κ1) is 13.1. The number of aromatic nitrogens is 2. The molecule has 1 aromatic carbocycles. The molecule has 3 rings (SSSR count). The number of nitrogens with one attached hydrogen (secondary N) is 2. The van der Waals surface area contributed by atoms with Crippen molar-refractivity contribution in [1.29, 1.82) is 0 Å². The molecule has 1 heterocycles. The third-order valence-corrected chi connectivity index (χ3v) is 3.68. The van der Waals surface area contributed by atoms with E-state index in [0.29, 0.717) is 5.95 Å². The second kappa shape index (κ2) is 5.25. The lowest BCUT2D eigenvalue weighted by Gasteiger charge is -2.17. The summed E-state index contributed by atoms with van der Waals surface area (Å²) in [5.41, 5.74) is 0.733. The Morgan fingerprint density at radius 2 is 2.05 bits per heavy atom. The van der Waals surface area contributed by atoms with Crippen molar-refractivity contribution in [2.24, 2.45) is 0 Å². The molecule has 5 heteroatoms. The molecule has 2 aromatic rings. The highest BCUT2D eigenvalue weighted by Crippen LogP contribution is 2.39. The van der Waals surface area contributed by atoms with Gasteiger partial charge in [-0.3, -0.25) is 0 Å². The predicted octanol–water partition coefficient (Wildman–Crippen LogP) is 2.39. The van der Waals surface area contributed by atoms with E-state index in [0.717, 1.165) is 42.5 Å². The van der Waals surface area contributed by atoms with Crippen molar-refractivity contribution in [2.45, 2.75) is 31.7 Å². The van der Waals surface area contributed by atoms with Gasteiger partial charge in [0.25, 0.3) is 0 Å². The van der Waals surface area contributed by atoms with Gasteiger partial charge in [-0.25, -0.2) is 4.98 Å². The molecule has 3 N–H and O–H groups in total. The largest absolute Gasteiger partial charge is 0.394 e. The molecule has 0 bridgehead atoms. The van der Waals surface area contributed by atoms with Crippen molar-refractivity contribution < 1.29 is 5.11 Å². The average Bonchev–Trinajstić information content (AvgIpc) is 3.25. The number of nitrogens with zero attached hydrogens (tertiary/aromatic N) is 2. The van der Waals surface area contributed by atoms with Crippen LogP contribution in [0.2, 0.25) is 0 Å². The first-order valence-electron chi connectivity index (χ1n) is 7.16. The summed E-state index contributed by atoms with van der Waals surface area (Å²) in [6, 6.07) is 7.95. The molecule has 0 atom stereocenters. The minimum absolute atomic E-state index is 0.142. The van der Waals surface area contributed by atoms with Gasteiger partial charge in [-0.15, -0.1) is 0 Å².